The van der Waals surface area contributed by atoms with Gasteiger partial charge < -0.3 is 0 Å². The Morgan fingerprint density at radius 2 is 1.00 bits per heavy atom. The second-order valence-corrected chi connectivity index (χ2v) is 36.2. The third-order valence-electron chi connectivity index (χ3n) is 0. The molecule has 5 heavy (non-hydrogen) atoms. The number of hydrogen-bond acceptors (Lipinski definition) is 0. The monoisotopic (exact) mass is 351 g/mol. The van der Waals surface area contributed by atoms with Crippen LogP contribution in [0.25, 0.3) is 0 Å². The second-order valence-electron chi connectivity index (χ2n) is 0.447. The summed E-state index contributed by atoms with van der Waals surface area (Å²) in [6, 6.07) is 0. The van der Waals surface area contributed by atoms with Crippen LogP contribution in [-0.4, -0.2) is 61.8 Å². The van der Waals surface area contributed by atoms with E-state index in [2.05, 4.69) is 61.8 Å². The van der Waals surface area contributed by atoms with E-state index in [-0.39, 0.29) is 0 Å². The van der Waals surface area contributed by atoms with Gasteiger partial charge in [0.05, 0.1) is 0 Å². The standard InChI is InChI=1S/PSe4/c2-1(3,4)5. The Labute approximate surface area is 62.7 Å². The summed E-state index contributed by atoms with van der Waals surface area (Å²) in [5.41, 5.74) is 0. The molecule has 0 N–H and O–H groups in total. The average molecular weight is 347 g/mol. The molecule has 0 spiro atoms. The second kappa shape index (κ2) is 2.73. The van der Waals surface area contributed by atoms with Crippen LogP contribution >= 0.6 is 1.58 Å². The third-order valence-corrected chi connectivity index (χ3v) is 0. The Morgan fingerprint density at radius 3 is 1.00 bits per heavy atom. The number of hydrogen-bond donors (Lipinski definition) is 0. The van der Waals surface area contributed by atoms with E-state index in [1.54, 1.807) is 0 Å². The first-order chi connectivity index (χ1) is 2.00. The zero-order valence-corrected chi connectivity index (χ0v) is 9.83. The first kappa shape index (κ1) is 7.51. The first-order valence-corrected chi connectivity index (χ1v) is 11.4. The van der Waals surface area contributed by atoms with E-state index in [1.165, 1.54) is 0 Å². The van der Waals surface area contributed by atoms with Crippen molar-refractivity contribution in [3.8, 4) is 0 Å². The van der Waals surface area contributed by atoms with Gasteiger partial charge in [0.1, 0.15) is 0 Å². The molecule has 0 fully saturated rings. The zero-order valence-electron chi connectivity index (χ0n) is 2.08. The van der Waals surface area contributed by atoms with Crippen LogP contribution in [0.4, 0.5) is 0 Å². The van der Waals surface area contributed by atoms with Crippen LogP contribution in [0.15, 0.2) is 0 Å². The fourth-order valence-corrected chi connectivity index (χ4v) is 0. The van der Waals surface area contributed by atoms with Crippen molar-refractivity contribution in [3.05, 3.63) is 0 Å². The molecule has 0 saturated carbocycles. The average Bonchev–Trinajstić information content (AvgIpc) is 0.722. The molecule has 5 heteroatoms. The van der Waals surface area contributed by atoms with Crippen molar-refractivity contribution >= 4 is 63.4 Å². The maximum atomic E-state index is 2.92. The van der Waals surface area contributed by atoms with Crippen LogP contribution in [0.3, 0.4) is 0 Å². The first-order valence-electron chi connectivity index (χ1n) is 0.730. The van der Waals surface area contributed by atoms with E-state index in [1.807, 2.05) is 0 Å². The molecule has 0 aliphatic carbocycles. The Kier molecular flexibility index (Phi) is 4.10. The molecule has 0 amide bonds. The molecule has 0 aromatic rings. The van der Waals surface area contributed by atoms with Crippen LogP contribution in [0, 0.1) is 0 Å². The van der Waals surface area contributed by atoms with Crippen LogP contribution < -0.4 is 0 Å². The maximum absolute atomic E-state index is 2.92. The van der Waals surface area contributed by atoms with Crippen LogP contribution in [0.1, 0.15) is 0 Å². The summed E-state index contributed by atoms with van der Waals surface area (Å²) in [6.07, 6.45) is 0. The van der Waals surface area contributed by atoms with Gasteiger partial charge in [-0.1, -0.05) is 0 Å². The van der Waals surface area contributed by atoms with Crippen molar-refractivity contribution in [3.63, 3.8) is 0 Å². The molecule has 0 saturated heterocycles. The van der Waals surface area contributed by atoms with Gasteiger partial charge in [-0.15, -0.1) is 0 Å². The molecule has 29 valence electrons. The summed E-state index contributed by atoms with van der Waals surface area (Å²) in [5, 5.41) is 0. The van der Waals surface area contributed by atoms with Gasteiger partial charge in [-0.2, -0.15) is 0 Å². The van der Waals surface area contributed by atoms with Crippen molar-refractivity contribution in [2.45, 2.75) is 0 Å². The molecule has 0 unspecified atom stereocenters. The molecule has 0 aromatic heterocycles. The Balaban J connectivity index is 3.47. The van der Waals surface area contributed by atoms with Crippen LogP contribution in [-0.2, 0) is 0 Å². The quantitative estimate of drug-likeness (QED) is 0.403. The van der Waals surface area contributed by atoms with Gasteiger partial charge >= 0.3 is 63.4 Å². The van der Waals surface area contributed by atoms with Crippen molar-refractivity contribution in [1.82, 2.24) is 0 Å². The normalized spacial score (nSPS) is 11.8. The Hall–Kier alpha value is 2.51. The molecular weight excluding hydrogens is 347 g/mol. The summed E-state index contributed by atoms with van der Waals surface area (Å²) >= 11 is 11.7. The van der Waals surface area contributed by atoms with Gasteiger partial charge in [-0.25, -0.2) is 0 Å². The fraction of sp³-hybridized carbons (Fsp3) is 0. The van der Waals surface area contributed by atoms with Gasteiger partial charge in [-0.3, -0.25) is 0 Å². The molecule has 0 rings (SSSR count). The summed E-state index contributed by atoms with van der Waals surface area (Å²) in [6.45, 7) is 0. The van der Waals surface area contributed by atoms with Crippen LogP contribution in [0.2, 0.25) is 0 Å². The summed E-state index contributed by atoms with van der Waals surface area (Å²) in [5.74, 6) is 0. The van der Waals surface area contributed by atoms with Gasteiger partial charge in [0, 0.05) is 0 Å². The molecular formula is PSe4. The van der Waals surface area contributed by atoms with E-state index in [4.69, 9.17) is 0 Å². The van der Waals surface area contributed by atoms with E-state index in [9.17, 15) is 0 Å². The van der Waals surface area contributed by atoms with Crippen molar-refractivity contribution < 1.29 is 0 Å². The Morgan fingerprint density at radius 1 is 1.00 bits per heavy atom. The summed E-state index contributed by atoms with van der Waals surface area (Å²) in [7, 11) is 0. The van der Waals surface area contributed by atoms with Crippen LogP contribution in [0.5, 0.6) is 0 Å². The SMILES string of the molecule is [Se]P([Se])([Se])=[Se]. The van der Waals surface area contributed by atoms with Crippen molar-refractivity contribution in [1.29, 1.82) is 0 Å². The van der Waals surface area contributed by atoms with Gasteiger partial charge in [0.15, 0.2) is 0 Å². The molecule has 3 radical (unpaired) electrons. The minimum atomic E-state index is -0.889. The van der Waals surface area contributed by atoms with E-state index < -0.39 is 1.58 Å². The minimum absolute atomic E-state index is 0.889. The molecule has 0 bridgehead atoms. The number of rotatable bonds is 0. The van der Waals surface area contributed by atoms with Gasteiger partial charge in [0.25, 0.3) is 0 Å². The predicted octanol–water partition coefficient (Wildman–Crippen LogP) is -0.662. The Bertz CT molecular complexity index is 49.8. The van der Waals surface area contributed by atoms with E-state index >= 15 is 0 Å². The predicted molar refractivity (Wildman–Crippen MR) is 29.9 cm³/mol. The van der Waals surface area contributed by atoms with Gasteiger partial charge in [-0.05, 0) is 0 Å². The summed E-state index contributed by atoms with van der Waals surface area (Å²) < 4.78 is -0.889. The van der Waals surface area contributed by atoms with Crippen molar-refractivity contribution in [2.24, 2.45) is 0 Å². The third kappa shape index (κ3) is 21.0. The molecule has 0 atom stereocenters. The topological polar surface area (TPSA) is 0 Å². The van der Waals surface area contributed by atoms with Gasteiger partial charge in [0.2, 0.25) is 0 Å². The fourth-order valence-electron chi connectivity index (χ4n) is 0. The molecule has 0 aromatic carbocycles. The molecule has 0 aliphatic heterocycles. The van der Waals surface area contributed by atoms with E-state index in [0.29, 0.717) is 0 Å². The molecule has 0 nitrogen and oxygen atoms in total. The zero-order chi connectivity index (χ0) is 4.50. The summed E-state index contributed by atoms with van der Waals surface area (Å²) in [4.78, 5) is 0. The molecule has 0 aliphatic rings. The van der Waals surface area contributed by atoms with E-state index in [0.717, 1.165) is 0 Å². The van der Waals surface area contributed by atoms with Crippen molar-refractivity contribution in [2.75, 3.05) is 0 Å². The molecule has 0 heterocycles.